The van der Waals surface area contributed by atoms with E-state index in [4.69, 9.17) is 5.73 Å². The predicted molar refractivity (Wildman–Crippen MR) is 93.2 cm³/mol. The Balaban J connectivity index is 0.00000242. The van der Waals surface area contributed by atoms with E-state index < -0.39 is 6.04 Å². The van der Waals surface area contributed by atoms with Gasteiger partial charge in [0.05, 0.1) is 6.04 Å². The molecular formula is C18H23ClN2O. The van der Waals surface area contributed by atoms with Gasteiger partial charge in [-0.25, -0.2) is 0 Å². The number of nitrogens with two attached hydrogens (primary N) is 1. The molecule has 0 saturated carbocycles. The lowest BCUT2D eigenvalue weighted by molar-refractivity contribution is -0.122. The minimum atomic E-state index is -0.504. The zero-order valence-electron chi connectivity index (χ0n) is 12.7. The number of rotatable bonds is 6. The first-order valence-electron chi connectivity index (χ1n) is 7.29. The Labute approximate surface area is 138 Å². The van der Waals surface area contributed by atoms with Gasteiger partial charge in [0.1, 0.15) is 0 Å². The van der Waals surface area contributed by atoms with Gasteiger partial charge in [-0.3, -0.25) is 4.79 Å². The molecule has 0 aliphatic heterocycles. The van der Waals surface area contributed by atoms with E-state index >= 15 is 0 Å². The molecule has 0 saturated heterocycles. The molecule has 2 atom stereocenters. The Morgan fingerprint density at radius 2 is 1.59 bits per heavy atom. The van der Waals surface area contributed by atoms with Crippen molar-refractivity contribution in [3.63, 3.8) is 0 Å². The largest absolute Gasteiger partial charge is 0.354 e. The summed E-state index contributed by atoms with van der Waals surface area (Å²) < 4.78 is 0. The molecule has 0 aliphatic rings. The highest BCUT2D eigenvalue weighted by Gasteiger charge is 2.15. The Kier molecular flexibility index (Phi) is 7.64. The number of carbonyl (C=O) groups excluding carboxylic acids is 1. The van der Waals surface area contributed by atoms with Crippen LogP contribution in [0.15, 0.2) is 60.7 Å². The normalized spacial score (nSPS) is 12.8. The lowest BCUT2D eigenvalue weighted by Crippen LogP contribution is -2.43. The highest BCUT2D eigenvalue weighted by atomic mass is 35.5. The minimum Gasteiger partial charge on any atom is -0.354 e. The molecule has 0 spiro atoms. The molecule has 1 unspecified atom stereocenters. The molecular weight excluding hydrogens is 296 g/mol. The molecule has 22 heavy (non-hydrogen) atoms. The van der Waals surface area contributed by atoms with Crippen LogP contribution in [0.2, 0.25) is 0 Å². The second-order valence-corrected chi connectivity index (χ2v) is 5.35. The van der Waals surface area contributed by atoms with Crippen molar-refractivity contribution in [1.82, 2.24) is 5.32 Å². The smallest absolute Gasteiger partial charge is 0.237 e. The maximum atomic E-state index is 12.0. The van der Waals surface area contributed by atoms with Crippen LogP contribution in [0.4, 0.5) is 0 Å². The summed E-state index contributed by atoms with van der Waals surface area (Å²) in [5, 5.41) is 2.94. The fourth-order valence-corrected chi connectivity index (χ4v) is 2.24. The Bertz CT molecular complexity index is 560. The van der Waals surface area contributed by atoms with Crippen molar-refractivity contribution >= 4 is 18.3 Å². The van der Waals surface area contributed by atoms with Crippen LogP contribution in [0.1, 0.15) is 24.0 Å². The molecule has 0 aliphatic carbocycles. The van der Waals surface area contributed by atoms with E-state index in [-0.39, 0.29) is 24.2 Å². The third-order valence-electron chi connectivity index (χ3n) is 3.59. The zero-order valence-corrected chi connectivity index (χ0v) is 13.6. The van der Waals surface area contributed by atoms with Crippen LogP contribution < -0.4 is 11.1 Å². The predicted octanol–water partition coefficient (Wildman–Crippen LogP) is 2.90. The van der Waals surface area contributed by atoms with Gasteiger partial charge in [-0.05, 0) is 23.5 Å². The molecule has 1 amide bonds. The van der Waals surface area contributed by atoms with Gasteiger partial charge >= 0.3 is 0 Å². The van der Waals surface area contributed by atoms with Gasteiger partial charge in [-0.2, -0.15) is 0 Å². The fraction of sp³-hybridized carbons (Fsp3) is 0.278. The van der Waals surface area contributed by atoms with Crippen molar-refractivity contribution in [3.8, 4) is 0 Å². The van der Waals surface area contributed by atoms with Crippen LogP contribution in [-0.2, 0) is 11.2 Å². The fourth-order valence-electron chi connectivity index (χ4n) is 2.24. The molecule has 0 heterocycles. The van der Waals surface area contributed by atoms with E-state index in [0.717, 1.165) is 5.56 Å². The van der Waals surface area contributed by atoms with Crippen LogP contribution in [0.5, 0.6) is 0 Å². The lowest BCUT2D eigenvalue weighted by atomic mass is 10.0. The average molecular weight is 319 g/mol. The first kappa shape index (κ1) is 18.2. The summed E-state index contributed by atoms with van der Waals surface area (Å²) in [5.41, 5.74) is 8.26. The number of benzene rings is 2. The maximum Gasteiger partial charge on any atom is 0.237 e. The maximum absolute atomic E-state index is 12.0. The summed E-state index contributed by atoms with van der Waals surface area (Å²) in [6.07, 6.45) is 0.562. The molecule has 4 heteroatoms. The molecule has 2 aromatic rings. The Hall–Kier alpha value is -1.84. The second kappa shape index (κ2) is 9.23. The number of hydrogen-bond donors (Lipinski definition) is 2. The van der Waals surface area contributed by atoms with Gasteiger partial charge in [0.25, 0.3) is 0 Å². The van der Waals surface area contributed by atoms with Crippen LogP contribution in [0.25, 0.3) is 0 Å². The third kappa shape index (κ3) is 5.51. The summed E-state index contributed by atoms with van der Waals surface area (Å²) >= 11 is 0. The monoisotopic (exact) mass is 318 g/mol. The standard InChI is InChI=1S/C18H22N2O.ClH/c1-14(16-10-6-3-7-11-16)13-20-18(21)17(19)12-15-8-4-2-5-9-15;/h2-11,14,17H,12-13,19H2,1H3,(H,20,21);1H/t14?,17-;/m0./s1. The topological polar surface area (TPSA) is 55.1 Å². The first-order valence-corrected chi connectivity index (χ1v) is 7.29. The molecule has 2 aromatic carbocycles. The minimum absolute atomic E-state index is 0. The molecule has 0 fully saturated rings. The Morgan fingerprint density at radius 1 is 1.05 bits per heavy atom. The van der Waals surface area contributed by atoms with Crippen molar-refractivity contribution in [3.05, 3.63) is 71.8 Å². The van der Waals surface area contributed by atoms with Crippen molar-refractivity contribution in [1.29, 1.82) is 0 Å². The van der Waals surface area contributed by atoms with Crippen molar-refractivity contribution < 1.29 is 4.79 Å². The van der Waals surface area contributed by atoms with E-state index in [1.807, 2.05) is 48.5 Å². The molecule has 0 radical (unpaired) electrons. The van der Waals surface area contributed by atoms with Gasteiger partial charge in [0, 0.05) is 6.54 Å². The van der Waals surface area contributed by atoms with Crippen LogP contribution in [0.3, 0.4) is 0 Å². The van der Waals surface area contributed by atoms with Crippen molar-refractivity contribution in [2.75, 3.05) is 6.54 Å². The summed E-state index contributed by atoms with van der Waals surface area (Å²) in [6, 6.07) is 19.5. The second-order valence-electron chi connectivity index (χ2n) is 5.35. The summed E-state index contributed by atoms with van der Waals surface area (Å²) in [7, 11) is 0. The zero-order chi connectivity index (χ0) is 15.1. The highest BCUT2D eigenvalue weighted by molar-refractivity contribution is 5.85. The third-order valence-corrected chi connectivity index (χ3v) is 3.59. The average Bonchev–Trinajstić information content (AvgIpc) is 2.54. The van der Waals surface area contributed by atoms with Crippen LogP contribution in [-0.4, -0.2) is 18.5 Å². The molecule has 3 nitrogen and oxygen atoms in total. The van der Waals surface area contributed by atoms with E-state index in [1.54, 1.807) is 0 Å². The van der Waals surface area contributed by atoms with Gasteiger partial charge in [-0.1, -0.05) is 67.6 Å². The number of hydrogen-bond acceptors (Lipinski definition) is 2. The molecule has 0 bridgehead atoms. The SMILES string of the molecule is CC(CNC(=O)[C@@H](N)Cc1ccccc1)c1ccccc1.Cl. The number of nitrogens with one attached hydrogen (secondary N) is 1. The highest BCUT2D eigenvalue weighted by Crippen LogP contribution is 2.13. The van der Waals surface area contributed by atoms with E-state index in [9.17, 15) is 4.79 Å². The molecule has 118 valence electrons. The molecule has 0 aromatic heterocycles. The molecule has 2 rings (SSSR count). The van der Waals surface area contributed by atoms with E-state index in [1.165, 1.54) is 5.56 Å². The van der Waals surface area contributed by atoms with E-state index in [2.05, 4.69) is 24.4 Å². The quantitative estimate of drug-likeness (QED) is 0.860. The van der Waals surface area contributed by atoms with Crippen LogP contribution >= 0.6 is 12.4 Å². The summed E-state index contributed by atoms with van der Waals surface area (Å²) in [6.45, 7) is 2.70. The van der Waals surface area contributed by atoms with Gasteiger partial charge in [0.15, 0.2) is 0 Å². The molecule has 3 N–H and O–H groups in total. The van der Waals surface area contributed by atoms with Crippen LogP contribution in [0, 0.1) is 0 Å². The van der Waals surface area contributed by atoms with Gasteiger partial charge < -0.3 is 11.1 Å². The lowest BCUT2D eigenvalue weighted by Gasteiger charge is -2.16. The van der Waals surface area contributed by atoms with Crippen molar-refractivity contribution in [2.24, 2.45) is 5.73 Å². The summed E-state index contributed by atoms with van der Waals surface area (Å²) in [4.78, 5) is 12.0. The van der Waals surface area contributed by atoms with Gasteiger partial charge in [0.2, 0.25) is 5.91 Å². The first-order chi connectivity index (χ1) is 10.2. The number of amides is 1. The number of carbonyl (C=O) groups is 1. The Morgan fingerprint density at radius 3 is 2.18 bits per heavy atom. The van der Waals surface area contributed by atoms with Gasteiger partial charge in [-0.15, -0.1) is 12.4 Å². The van der Waals surface area contributed by atoms with E-state index in [0.29, 0.717) is 13.0 Å². The van der Waals surface area contributed by atoms with Crippen molar-refractivity contribution in [2.45, 2.75) is 25.3 Å². The summed E-state index contributed by atoms with van der Waals surface area (Å²) in [5.74, 6) is 0.181. The number of halogens is 1.